The lowest BCUT2D eigenvalue weighted by molar-refractivity contribution is -0.121. The van der Waals surface area contributed by atoms with E-state index in [1.165, 1.54) is 23.0 Å². The smallest absolute Gasteiger partial charge is 0.267 e. The molecule has 1 amide bonds. The summed E-state index contributed by atoms with van der Waals surface area (Å²) < 4.78 is 19.6. The Balaban J connectivity index is 0.00000336. The number of benzene rings is 2. The van der Waals surface area contributed by atoms with Crippen molar-refractivity contribution < 1.29 is 13.7 Å². The van der Waals surface area contributed by atoms with Crippen LogP contribution in [0.4, 0.5) is 10.1 Å². The molecule has 2 aromatic heterocycles. The van der Waals surface area contributed by atoms with Crippen LogP contribution in [0, 0.1) is 5.82 Å². The van der Waals surface area contributed by atoms with Gasteiger partial charge in [0.05, 0.1) is 0 Å². The average Bonchev–Trinajstić information content (AvgIpc) is 3.35. The summed E-state index contributed by atoms with van der Waals surface area (Å²) in [5, 5.41) is 7.65. The minimum Gasteiger partial charge on any atom is -0.369 e. The Morgan fingerprint density at radius 2 is 1.76 bits per heavy atom. The van der Waals surface area contributed by atoms with Crippen LogP contribution in [0.2, 0.25) is 5.02 Å². The van der Waals surface area contributed by atoms with Gasteiger partial charge in [-0.15, -0.1) is 12.4 Å². The fraction of sp³-hybridized carbons (Fsp3) is 0.308. The predicted molar refractivity (Wildman–Crippen MR) is 146 cm³/mol. The van der Waals surface area contributed by atoms with Gasteiger partial charge in [0.2, 0.25) is 5.91 Å². The highest BCUT2D eigenvalue weighted by Crippen LogP contribution is 2.25. The number of carbonyl (C=O) groups is 1. The molecule has 0 aliphatic carbocycles. The number of aromatic nitrogens is 3. The second-order valence-electron chi connectivity index (χ2n) is 8.90. The fourth-order valence-corrected chi connectivity index (χ4v) is 4.55. The third-order valence-electron chi connectivity index (χ3n) is 6.43. The molecule has 1 saturated heterocycles. The van der Waals surface area contributed by atoms with E-state index in [1.54, 1.807) is 36.4 Å². The van der Waals surface area contributed by atoms with Gasteiger partial charge in [-0.05, 0) is 49.4 Å². The third kappa shape index (κ3) is 6.32. The first-order valence-corrected chi connectivity index (χ1v) is 12.5. The maximum Gasteiger partial charge on any atom is 0.267 e. The number of fused-ring (bicyclic) bond motifs is 1. The standard InChI is InChI=1S/C26H26ClFN6O3.ClH/c27-19-4-2-18(3-5-19)24-23-25(37-31-24)30-17-34(26(23)36)16-22(35)29-10-1-11-32-12-14-33(15-13-32)21-8-6-20(28)7-9-21;/h2-9,17H,1,10-16H2,(H,29,35);1H. The van der Waals surface area contributed by atoms with E-state index in [0.29, 0.717) is 22.8 Å². The molecule has 1 fully saturated rings. The van der Waals surface area contributed by atoms with E-state index in [0.717, 1.165) is 44.8 Å². The van der Waals surface area contributed by atoms with Crippen LogP contribution in [0.3, 0.4) is 0 Å². The molecule has 0 atom stereocenters. The molecule has 0 saturated carbocycles. The molecule has 1 N–H and O–H groups in total. The van der Waals surface area contributed by atoms with Gasteiger partial charge in [0.25, 0.3) is 11.3 Å². The van der Waals surface area contributed by atoms with E-state index in [2.05, 4.69) is 25.3 Å². The van der Waals surface area contributed by atoms with Gasteiger partial charge in [-0.1, -0.05) is 28.9 Å². The lowest BCUT2D eigenvalue weighted by atomic mass is 10.1. The van der Waals surface area contributed by atoms with Gasteiger partial charge in [-0.25, -0.2) is 9.37 Å². The van der Waals surface area contributed by atoms with Gasteiger partial charge in [0.1, 0.15) is 29.8 Å². The van der Waals surface area contributed by atoms with Crippen LogP contribution in [0.25, 0.3) is 22.4 Å². The van der Waals surface area contributed by atoms with Gasteiger partial charge in [0, 0.05) is 49.0 Å². The maximum absolute atomic E-state index is 13.1. The van der Waals surface area contributed by atoms with E-state index in [9.17, 15) is 14.0 Å². The highest BCUT2D eigenvalue weighted by atomic mass is 35.5. The molecule has 0 bridgehead atoms. The summed E-state index contributed by atoms with van der Waals surface area (Å²) in [6.45, 7) is 4.76. The van der Waals surface area contributed by atoms with Crippen LogP contribution in [0.5, 0.6) is 0 Å². The van der Waals surface area contributed by atoms with Crippen LogP contribution < -0.4 is 15.8 Å². The number of nitrogens with one attached hydrogen (secondary N) is 1. The largest absolute Gasteiger partial charge is 0.369 e. The van der Waals surface area contributed by atoms with Crippen molar-refractivity contribution >= 4 is 46.7 Å². The van der Waals surface area contributed by atoms with Gasteiger partial charge in [-0.2, -0.15) is 0 Å². The molecule has 12 heteroatoms. The van der Waals surface area contributed by atoms with E-state index in [-0.39, 0.29) is 41.8 Å². The van der Waals surface area contributed by atoms with Crippen LogP contribution in [0.15, 0.2) is 64.2 Å². The van der Waals surface area contributed by atoms with Crippen molar-refractivity contribution in [3.63, 3.8) is 0 Å². The quantitative estimate of drug-likeness (QED) is 0.329. The monoisotopic (exact) mass is 560 g/mol. The van der Waals surface area contributed by atoms with E-state index < -0.39 is 5.56 Å². The van der Waals surface area contributed by atoms with E-state index >= 15 is 0 Å². The predicted octanol–water partition coefficient (Wildman–Crippen LogP) is 3.59. The summed E-state index contributed by atoms with van der Waals surface area (Å²) in [6.07, 6.45) is 2.09. The Kier molecular flexibility index (Phi) is 8.98. The molecule has 9 nitrogen and oxygen atoms in total. The SMILES string of the molecule is Cl.O=C(Cn1cnc2onc(-c3ccc(Cl)cc3)c2c1=O)NCCCN1CCN(c2ccc(F)cc2)CC1. The summed E-state index contributed by atoms with van der Waals surface area (Å²) >= 11 is 5.95. The first-order chi connectivity index (χ1) is 18.0. The molecule has 200 valence electrons. The number of hydrogen-bond acceptors (Lipinski definition) is 7. The lowest BCUT2D eigenvalue weighted by Gasteiger charge is -2.36. The van der Waals surface area contributed by atoms with E-state index in [1.807, 2.05) is 0 Å². The molecule has 4 aromatic rings. The zero-order chi connectivity index (χ0) is 25.8. The summed E-state index contributed by atoms with van der Waals surface area (Å²) in [4.78, 5) is 34.3. The van der Waals surface area contributed by atoms with Crippen molar-refractivity contribution in [2.75, 3.05) is 44.2 Å². The van der Waals surface area contributed by atoms with Gasteiger partial charge >= 0.3 is 0 Å². The molecule has 3 heterocycles. The summed E-state index contributed by atoms with van der Waals surface area (Å²) in [7, 11) is 0. The van der Waals surface area contributed by atoms with Crippen molar-refractivity contribution in [3.8, 4) is 11.3 Å². The summed E-state index contributed by atoms with van der Waals surface area (Å²) in [5.41, 5.74) is 1.78. The molecule has 0 radical (unpaired) electrons. The van der Waals surface area contributed by atoms with E-state index in [4.69, 9.17) is 16.1 Å². The molecule has 1 aliphatic rings. The zero-order valence-corrected chi connectivity index (χ0v) is 22.1. The maximum atomic E-state index is 13.1. The molecule has 0 spiro atoms. The molecular weight excluding hydrogens is 534 g/mol. The molecule has 0 unspecified atom stereocenters. The summed E-state index contributed by atoms with van der Waals surface area (Å²) in [6, 6.07) is 13.5. The Morgan fingerprint density at radius 3 is 2.47 bits per heavy atom. The zero-order valence-electron chi connectivity index (χ0n) is 20.5. The Bertz CT molecular complexity index is 1430. The number of rotatable bonds is 8. The fourth-order valence-electron chi connectivity index (χ4n) is 4.42. The number of anilines is 1. The van der Waals surface area contributed by atoms with Gasteiger partial charge in [0.15, 0.2) is 0 Å². The van der Waals surface area contributed by atoms with Crippen LogP contribution >= 0.6 is 24.0 Å². The van der Waals surface area contributed by atoms with Crippen LogP contribution in [-0.2, 0) is 11.3 Å². The molecule has 2 aromatic carbocycles. The second-order valence-corrected chi connectivity index (χ2v) is 9.34. The summed E-state index contributed by atoms with van der Waals surface area (Å²) in [5.74, 6) is -0.499. The van der Waals surface area contributed by atoms with Crippen LogP contribution in [0.1, 0.15) is 6.42 Å². The number of hydrogen-bond donors (Lipinski definition) is 1. The first-order valence-electron chi connectivity index (χ1n) is 12.1. The Hall–Kier alpha value is -3.47. The normalized spacial score (nSPS) is 13.9. The first kappa shape index (κ1) is 27.6. The average molecular weight is 561 g/mol. The molecule has 1 aliphatic heterocycles. The van der Waals surface area contributed by atoms with Crippen molar-refractivity contribution in [1.82, 2.24) is 24.9 Å². The van der Waals surface area contributed by atoms with Crippen molar-refractivity contribution in [2.45, 2.75) is 13.0 Å². The number of nitrogens with zero attached hydrogens (tertiary/aromatic N) is 5. The van der Waals surface area contributed by atoms with Crippen molar-refractivity contribution in [2.24, 2.45) is 0 Å². The number of amides is 1. The topological polar surface area (TPSA) is 96.5 Å². The lowest BCUT2D eigenvalue weighted by Crippen LogP contribution is -2.47. The second kappa shape index (κ2) is 12.4. The highest BCUT2D eigenvalue weighted by Gasteiger charge is 2.19. The van der Waals surface area contributed by atoms with Crippen molar-refractivity contribution in [1.29, 1.82) is 0 Å². The van der Waals surface area contributed by atoms with Gasteiger partial charge < -0.3 is 14.7 Å². The minimum absolute atomic E-state index is 0. The molecular formula is C26H27Cl2FN6O3. The number of carbonyl (C=O) groups excluding carboxylic acids is 1. The minimum atomic E-state index is -0.398. The highest BCUT2D eigenvalue weighted by molar-refractivity contribution is 6.30. The number of halogens is 3. The van der Waals surface area contributed by atoms with Gasteiger partial charge in [-0.3, -0.25) is 19.1 Å². The Labute approximate surface area is 229 Å². The molecule has 5 rings (SSSR count). The third-order valence-corrected chi connectivity index (χ3v) is 6.68. The van der Waals surface area contributed by atoms with Crippen LogP contribution in [-0.4, -0.2) is 64.8 Å². The molecule has 38 heavy (non-hydrogen) atoms. The van der Waals surface area contributed by atoms with Crippen molar-refractivity contribution in [3.05, 3.63) is 76.1 Å². The number of piperazine rings is 1. The Morgan fingerprint density at radius 1 is 1.05 bits per heavy atom.